The van der Waals surface area contributed by atoms with Gasteiger partial charge in [-0.15, -0.1) is 0 Å². The fourth-order valence-electron chi connectivity index (χ4n) is 3.77. The van der Waals surface area contributed by atoms with Crippen LogP contribution in [0.25, 0.3) is 11.1 Å². The number of fused-ring (bicyclic) bond motifs is 1. The number of furan rings is 1. The second-order valence-electron chi connectivity index (χ2n) is 7.29. The normalized spacial score (nSPS) is 17.1. The minimum absolute atomic E-state index is 0.0649. The SMILES string of the molecule is Cc1oc2ncnc(N3CCC[C@H](C(=O)NCc4cccc(Cl)c4)C3)c2c1C. The molecule has 1 N–H and O–H groups in total. The van der Waals surface area contributed by atoms with E-state index in [2.05, 4.69) is 20.2 Å². The number of nitrogens with zero attached hydrogens (tertiary/aromatic N) is 3. The molecule has 1 aromatic carbocycles. The van der Waals surface area contributed by atoms with Gasteiger partial charge >= 0.3 is 0 Å². The summed E-state index contributed by atoms with van der Waals surface area (Å²) in [6.07, 6.45) is 3.34. The van der Waals surface area contributed by atoms with E-state index in [-0.39, 0.29) is 11.8 Å². The molecule has 0 spiro atoms. The zero-order valence-corrected chi connectivity index (χ0v) is 16.8. The third kappa shape index (κ3) is 3.69. The molecule has 1 amide bonds. The van der Waals surface area contributed by atoms with Gasteiger partial charge in [0.15, 0.2) is 0 Å². The number of carbonyl (C=O) groups is 1. The minimum atomic E-state index is -0.0775. The molecule has 2 aromatic heterocycles. The van der Waals surface area contributed by atoms with Crippen molar-refractivity contribution in [2.24, 2.45) is 5.92 Å². The first-order chi connectivity index (χ1) is 13.5. The zero-order chi connectivity index (χ0) is 19.7. The fourth-order valence-corrected chi connectivity index (χ4v) is 3.98. The lowest BCUT2D eigenvalue weighted by molar-refractivity contribution is -0.125. The van der Waals surface area contributed by atoms with Crippen LogP contribution in [-0.2, 0) is 11.3 Å². The van der Waals surface area contributed by atoms with Crippen molar-refractivity contribution in [3.05, 3.63) is 52.5 Å². The molecule has 146 valence electrons. The Bertz CT molecular complexity index is 1020. The monoisotopic (exact) mass is 398 g/mol. The van der Waals surface area contributed by atoms with Crippen molar-refractivity contribution in [2.45, 2.75) is 33.2 Å². The lowest BCUT2D eigenvalue weighted by atomic mass is 9.96. The van der Waals surface area contributed by atoms with E-state index in [0.717, 1.165) is 47.5 Å². The van der Waals surface area contributed by atoms with Crippen LogP contribution < -0.4 is 10.2 Å². The lowest BCUT2D eigenvalue weighted by Crippen LogP contribution is -2.43. The third-order valence-electron chi connectivity index (χ3n) is 5.39. The number of aromatic nitrogens is 2. The van der Waals surface area contributed by atoms with Crippen molar-refractivity contribution in [2.75, 3.05) is 18.0 Å². The van der Waals surface area contributed by atoms with Gasteiger partial charge in [0.1, 0.15) is 17.9 Å². The first-order valence-corrected chi connectivity index (χ1v) is 9.88. The maximum absolute atomic E-state index is 12.7. The molecule has 0 unspecified atom stereocenters. The predicted molar refractivity (Wildman–Crippen MR) is 110 cm³/mol. The van der Waals surface area contributed by atoms with E-state index in [1.165, 1.54) is 6.33 Å². The molecule has 3 heterocycles. The lowest BCUT2D eigenvalue weighted by Gasteiger charge is -2.33. The minimum Gasteiger partial charge on any atom is -0.443 e. The number of amides is 1. The highest BCUT2D eigenvalue weighted by Crippen LogP contribution is 2.32. The first kappa shape index (κ1) is 18.7. The summed E-state index contributed by atoms with van der Waals surface area (Å²) in [4.78, 5) is 23.7. The van der Waals surface area contributed by atoms with Gasteiger partial charge in [-0.25, -0.2) is 9.97 Å². The molecule has 0 radical (unpaired) electrons. The van der Waals surface area contributed by atoms with Crippen LogP contribution in [0.5, 0.6) is 0 Å². The Morgan fingerprint density at radius 3 is 3.04 bits per heavy atom. The number of anilines is 1. The van der Waals surface area contributed by atoms with Gasteiger partial charge in [-0.2, -0.15) is 0 Å². The highest BCUT2D eigenvalue weighted by atomic mass is 35.5. The Hall–Kier alpha value is -2.60. The summed E-state index contributed by atoms with van der Waals surface area (Å²) in [6.45, 7) is 5.94. The van der Waals surface area contributed by atoms with Gasteiger partial charge in [0.2, 0.25) is 11.6 Å². The van der Waals surface area contributed by atoms with Crippen LogP contribution >= 0.6 is 11.6 Å². The van der Waals surface area contributed by atoms with E-state index in [9.17, 15) is 4.79 Å². The molecule has 1 saturated heterocycles. The second-order valence-corrected chi connectivity index (χ2v) is 7.73. The molecule has 0 bridgehead atoms. The van der Waals surface area contributed by atoms with Gasteiger partial charge < -0.3 is 14.6 Å². The highest BCUT2D eigenvalue weighted by molar-refractivity contribution is 6.30. The maximum atomic E-state index is 12.7. The van der Waals surface area contributed by atoms with Crippen LogP contribution in [0.2, 0.25) is 5.02 Å². The molecular weight excluding hydrogens is 376 g/mol. The average molecular weight is 399 g/mol. The van der Waals surface area contributed by atoms with Crippen molar-refractivity contribution >= 4 is 34.4 Å². The average Bonchev–Trinajstić information content (AvgIpc) is 3.00. The molecule has 0 aliphatic carbocycles. The summed E-state index contributed by atoms with van der Waals surface area (Å²) in [5.74, 6) is 1.69. The standard InChI is InChI=1S/C21H23ClN4O2/c1-13-14(2)28-21-18(13)19(24-12-25-21)26-8-4-6-16(11-26)20(27)23-10-15-5-3-7-17(22)9-15/h3,5,7,9,12,16H,4,6,8,10-11H2,1-2H3,(H,23,27)/t16-/m0/s1. The van der Waals surface area contributed by atoms with Crippen LogP contribution in [0.3, 0.4) is 0 Å². The summed E-state index contributed by atoms with van der Waals surface area (Å²) >= 11 is 6.02. The van der Waals surface area contributed by atoms with Crippen molar-refractivity contribution < 1.29 is 9.21 Å². The van der Waals surface area contributed by atoms with Crippen LogP contribution in [0, 0.1) is 19.8 Å². The summed E-state index contributed by atoms with van der Waals surface area (Å²) in [5, 5.41) is 4.66. The number of carbonyl (C=O) groups excluding carboxylic acids is 1. The molecule has 4 rings (SSSR count). The third-order valence-corrected chi connectivity index (χ3v) is 5.63. The number of halogens is 1. The number of piperidine rings is 1. The molecule has 1 aliphatic heterocycles. The number of benzene rings is 1. The highest BCUT2D eigenvalue weighted by Gasteiger charge is 2.28. The molecule has 1 atom stereocenters. The van der Waals surface area contributed by atoms with Crippen LogP contribution in [0.4, 0.5) is 5.82 Å². The fraction of sp³-hybridized carbons (Fsp3) is 0.381. The molecule has 3 aromatic rings. The van der Waals surface area contributed by atoms with Crippen molar-refractivity contribution in [3.8, 4) is 0 Å². The summed E-state index contributed by atoms with van der Waals surface area (Å²) < 4.78 is 5.73. The molecular formula is C21H23ClN4O2. The largest absolute Gasteiger partial charge is 0.443 e. The van der Waals surface area contributed by atoms with Crippen molar-refractivity contribution in [1.29, 1.82) is 0 Å². The molecule has 1 aliphatic rings. The smallest absolute Gasteiger partial charge is 0.231 e. The summed E-state index contributed by atoms with van der Waals surface area (Å²) in [7, 11) is 0. The van der Waals surface area contributed by atoms with Crippen LogP contribution in [-0.4, -0.2) is 29.0 Å². The van der Waals surface area contributed by atoms with E-state index in [4.69, 9.17) is 16.0 Å². The number of hydrogen-bond donors (Lipinski definition) is 1. The predicted octanol–water partition coefficient (Wildman–Crippen LogP) is 4.03. The van der Waals surface area contributed by atoms with Gasteiger partial charge in [0.05, 0.1) is 11.3 Å². The topological polar surface area (TPSA) is 71.3 Å². The second kappa shape index (κ2) is 7.80. The van der Waals surface area contributed by atoms with E-state index in [0.29, 0.717) is 23.8 Å². The zero-order valence-electron chi connectivity index (χ0n) is 16.0. The van der Waals surface area contributed by atoms with Crippen molar-refractivity contribution in [1.82, 2.24) is 15.3 Å². The van der Waals surface area contributed by atoms with E-state index >= 15 is 0 Å². The van der Waals surface area contributed by atoms with E-state index < -0.39 is 0 Å². The molecule has 28 heavy (non-hydrogen) atoms. The molecule has 0 saturated carbocycles. The Morgan fingerprint density at radius 1 is 1.36 bits per heavy atom. The Balaban J connectivity index is 1.48. The van der Waals surface area contributed by atoms with Crippen LogP contribution in [0.1, 0.15) is 29.7 Å². The Morgan fingerprint density at radius 2 is 2.21 bits per heavy atom. The summed E-state index contributed by atoms with van der Waals surface area (Å²) in [6, 6.07) is 7.55. The Labute approximate surface area is 168 Å². The summed E-state index contributed by atoms with van der Waals surface area (Å²) in [5.41, 5.74) is 2.65. The number of rotatable bonds is 4. The quantitative estimate of drug-likeness (QED) is 0.718. The molecule has 6 nitrogen and oxygen atoms in total. The Kier molecular flexibility index (Phi) is 5.22. The van der Waals surface area contributed by atoms with Crippen molar-refractivity contribution in [3.63, 3.8) is 0 Å². The maximum Gasteiger partial charge on any atom is 0.231 e. The van der Waals surface area contributed by atoms with Gasteiger partial charge in [0, 0.05) is 30.2 Å². The van der Waals surface area contributed by atoms with Gasteiger partial charge in [0.25, 0.3) is 0 Å². The van der Waals surface area contributed by atoms with E-state index in [1.807, 2.05) is 38.1 Å². The van der Waals surface area contributed by atoms with Gasteiger partial charge in [-0.3, -0.25) is 4.79 Å². The first-order valence-electron chi connectivity index (χ1n) is 9.50. The number of nitrogens with one attached hydrogen (secondary N) is 1. The number of hydrogen-bond acceptors (Lipinski definition) is 5. The van der Waals surface area contributed by atoms with Gasteiger partial charge in [-0.1, -0.05) is 23.7 Å². The number of aryl methyl sites for hydroxylation is 2. The van der Waals surface area contributed by atoms with Crippen LogP contribution in [0.15, 0.2) is 35.0 Å². The van der Waals surface area contributed by atoms with Gasteiger partial charge in [-0.05, 0) is 44.4 Å². The molecule has 1 fully saturated rings. The molecule has 7 heteroatoms. The van der Waals surface area contributed by atoms with E-state index in [1.54, 1.807) is 0 Å².